The van der Waals surface area contributed by atoms with Crippen molar-refractivity contribution >= 4 is 17.7 Å². The third-order valence-corrected chi connectivity index (χ3v) is 5.22. The highest BCUT2D eigenvalue weighted by atomic mass is 32.2. The van der Waals surface area contributed by atoms with Crippen molar-refractivity contribution in [2.24, 2.45) is 0 Å². The van der Waals surface area contributed by atoms with Crippen LogP contribution in [0.25, 0.3) is 0 Å². The number of carbonyl (C=O) groups excluding carboxylic acids is 1. The predicted molar refractivity (Wildman–Crippen MR) is 83.9 cm³/mol. The van der Waals surface area contributed by atoms with Crippen LogP contribution in [-0.4, -0.2) is 33.2 Å². The number of amides is 1. The van der Waals surface area contributed by atoms with Gasteiger partial charge < -0.3 is 5.32 Å². The molecule has 5 heteroatoms. The summed E-state index contributed by atoms with van der Waals surface area (Å²) in [6, 6.07) is 1.68. The van der Waals surface area contributed by atoms with Crippen LogP contribution in [0.1, 0.15) is 51.5 Å². The Morgan fingerprint density at radius 3 is 2.90 bits per heavy atom. The normalized spacial score (nSPS) is 17.9. The number of rotatable bonds is 7. The summed E-state index contributed by atoms with van der Waals surface area (Å²) in [4.78, 5) is 12.1. The lowest BCUT2D eigenvalue weighted by atomic mass is 10.0. The van der Waals surface area contributed by atoms with E-state index in [1.165, 1.54) is 32.1 Å². The van der Waals surface area contributed by atoms with Gasteiger partial charge in [0.2, 0.25) is 5.91 Å². The minimum Gasteiger partial charge on any atom is -0.353 e. The lowest BCUT2D eigenvalue weighted by Crippen LogP contribution is -2.34. The van der Waals surface area contributed by atoms with Crippen molar-refractivity contribution in [3.63, 3.8) is 0 Å². The minimum atomic E-state index is -0.176. The van der Waals surface area contributed by atoms with E-state index < -0.39 is 0 Å². The quantitative estimate of drug-likeness (QED) is 0.787. The summed E-state index contributed by atoms with van der Waals surface area (Å²) < 4.78 is 1.74. The Kier molecular flexibility index (Phi) is 6.43. The third kappa shape index (κ3) is 4.54. The molecule has 20 heavy (non-hydrogen) atoms. The van der Waals surface area contributed by atoms with Crippen LogP contribution < -0.4 is 5.32 Å². The highest BCUT2D eigenvalue weighted by Gasteiger charge is 2.18. The first-order valence-electron chi connectivity index (χ1n) is 7.69. The van der Waals surface area contributed by atoms with Gasteiger partial charge in [-0.3, -0.25) is 9.48 Å². The molecule has 1 N–H and O–H groups in total. The van der Waals surface area contributed by atoms with Crippen LogP contribution in [0.5, 0.6) is 0 Å². The minimum absolute atomic E-state index is 0.0837. The first-order chi connectivity index (χ1) is 9.81. The van der Waals surface area contributed by atoms with Crippen LogP contribution >= 0.6 is 11.8 Å². The first-order valence-corrected chi connectivity index (χ1v) is 8.74. The average Bonchev–Trinajstić information content (AvgIpc) is 2.99. The SMILES string of the molecule is CC[C@H](C(=O)NCCSC1CCCCC1)n1cccn1. The van der Waals surface area contributed by atoms with Crippen molar-refractivity contribution in [1.82, 2.24) is 15.1 Å². The molecule has 1 aliphatic rings. The van der Waals surface area contributed by atoms with Crippen LogP contribution in [0.15, 0.2) is 18.5 Å². The molecular formula is C15H25N3OS. The summed E-state index contributed by atoms with van der Waals surface area (Å²) in [5, 5.41) is 8.02. The van der Waals surface area contributed by atoms with Gasteiger partial charge in [0, 0.05) is 29.9 Å². The van der Waals surface area contributed by atoms with Crippen LogP contribution in [0.4, 0.5) is 0 Å². The molecule has 1 fully saturated rings. The van der Waals surface area contributed by atoms with E-state index in [-0.39, 0.29) is 11.9 Å². The average molecular weight is 295 g/mol. The maximum absolute atomic E-state index is 12.1. The maximum Gasteiger partial charge on any atom is 0.244 e. The Labute approximate surface area is 125 Å². The van der Waals surface area contributed by atoms with Gasteiger partial charge in [-0.05, 0) is 25.3 Å². The molecule has 0 unspecified atom stereocenters. The van der Waals surface area contributed by atoms with Gasteiger partial charge in [-0.1, -0.05) is 26.2 Å². The number of thioether (sulfide) groups is 1. The van der Waals surface area contributed by atoms with Crippen molar-refractivity contribution in [3.8, 4) is 0 Å². The number of aromatic nitrogens is 2. The Morgan fingerprint density at radius 1 is 1.45 bits per heavy atom. The summed E-state index contributed by atoms with van der Waals surface area (Å²) in [6.45, 7) is 2.78. The first kappa shape index (κ1) is 15.4. The Hall–Kier alpha value is -0.970. The molecule has 1 atom stereocenters. The molecule has 1 saturated carbocycles. The summed E-state index contributed by atoms with van der Waals surface area (Å²) in [5.41, 5.74) is 0. The van der Waals surface area contributed by atoms with E-state index in [0.29, 0.717) is 0 Å². The summed E-state index contributed by atoms with van der Waals surface area (Å²) in [7, 11) is 0. The number of nitrogens with zero attached hydrogens (tertiary/aromatic N) is 2. The van der Waals surface area contributed by atoms with Gasteiger partial charge in [0.15, 0.2) is 0 Å². The van der Waals surface area contributed by atoms with Crippen molar-refractivity contribution in [2.45, 2.75) is 56.7 Å². The molecule has 112 valence electrons. The second-order valence-corrected chi connectivity index (χ2v) is 6.74. The molecular weight excluding hydrogens is 270 g/mol. The van der Waals surface area contributed by atoms with Gasteiger partial charge in [-0.2, -0.15) is 16.9 Å². The Morgan fingerprint density at radius 2 is 2.25 bits per heavy atom. The molecule has 0 saturated heterocycles. The van der Waals surface area contributed by atoms with Gasteiger partial charge in [0.25, 0.3) is 0 Å². The third-order valence-electron chi connectivity index (χ3n) is 3.84. The lowest BCUT2D eigenvalue weighted by molar-refractivity contribution is -0.124. The molecule has 1 aromatic heterocycles. The standard InChI is InChI=1S/C15H25N3OS/c1-2-14(18-11-6-9-17-18)15(19)16-10-12-20-13-7-4-3-5-8-13/h6,9,11,13-14H,2-5,7-8,10,12H2,1H3,(H,16,19)/t14-/m1/s1. The molecule has 0 aliphatic heterocycles. The monoisotopic (exact) mass is 295 g/mol. The molecule has 1 aromatic rings. The highest BCUT2D eigenvalue weighted by molar-refractivity contribution is 7.99. The number of carbonyl (C=O) groups is 1. The van der Waals surface area contributed by atoms with Gasteiger partial charge in [0.05, 0.1) is 0 Å². The Balaban J connectivity index is 1.66. The summed E-state index contributed by atoms with van der Waals surface area (Å²) in [6.07, 6.45) is 11.2. The van der Waals surface area contributed by atoms with Crippen LogP contribution in [0.3, 0.4) is 0 Å². The van der Waals surface area contributed by atoms with E-state index in [4.69, 9.17) is 0 Å². The molecule has 0 radical (unpaired) electrons. The number of hydrogen-bond acceptors (Lipinski definition) is 3. The van der Waals surface area contributed by atoms with Crippen molar-refractivity contribution in [3.05, 3.63) is 18.5 Å². The van der Waals surface area contributed by atoms with E-state index >= 15 is 0 Å². The zero-order valence-corrected chi connectivity index (χ0v) is 13.1. The van der Waals surface area contributed by atoms with Crippen LogP contribution in [0, 0.1) is 0 Å². The largest absolute Gasteiger partial charge is 0.353 e. The van der Waals surface area contributed by atoms with E-state index in [1.54, 1.807) is 10.9 Å². The second-order valence-electron chi connectivity index (χ2n) is 5.33. The van der Waals surface area contributed by atoms with Crippen molar-refractivity contribution in [1.29, 1.82) is 0 Å². The zero-order valence-electron chi connectivity index (χ0n) is 12.3. The summed E-state index contributed by atoms with van der Waals surface area (Å²) in [5.74, 6) is 1.10. The van der Waals surface area contributed by atoms with E-state index in [2.05, 4.69) is 10.4 Å². The van der Waals surface area contributed by atoms with Crippen molar-refractivity contribution < 1.29 is 4.79 Å². The van der Waals surface area contributed by atoms with E-state index in [0.717, 1.165) is 24.0 Å². The second kappa shape index (κ2) is 8.35. The van der Waals surface area contributed by atoms with Gasteiger partial charge >= 0.3 is 0 Å². The van der Waals surface area contributed by atoms with Crippen molar-refractivity contribution in [2.75, 3.05) is 12.3 Å². The van der Waals surface area contributed by atoms with Crippen LogP contribution in [0.2, 0.25) is 0 Å². The number of nitrogens with one attached hydrogen (secondary N) is 1. The molecule has 1 aliphatic carbocycles. The fourth-order valence-electron chi connectivity index (χ4n) is 2.71. The van der Waals surface area contributed by atoms with Gasteiger partial charge in [-0.25, -0.2) is 0 Å². The molecule has 0 aromatic carbocycles. The fourth-order valence-corrected chi connectivity index (χ4v) is 3.93. The number of hydrogen-bond donors (Lipinski definition) is 1. The smallest absolute Gasteiger partial charge is 0.244 e. The summed E-state index contributed by atoms with van der Waals surface area (Å²) >= 11 is 2.02. The topological polar surface area (TPSA) is 46.9 Å². The van der Waals surface area contributed by atoms with E-state index in [1.807, 2.05) is 30.9 Å². The van der Waals surface area contributed by atoms with Gasteiger partial charge in [-0.15, -0.1) is 0 Å². The lowest BCUT2D eigenvalue weighted by Gasteiger charge is -2.21. The van der Waals surface area contributed by atoms with Gasteiger partial charge in [0.1, 0.15) is 6.04 Å². The predicted octanol–water partition coefficient (Wildman–Crippen LogP) is 3.02. The molecule has 0 spiro atoms. The zero-order chi connectivity index (χ0) is 14.2. The molecule has 1 heterocycles. The fraction of sp³-hybridized carbons (Fsp3) is 0.733. The molecule has 4 nitrogen and oxygen atoms in total. The molecule has 0 bridgehead atoms. The van der Waals surface area contributed by atoms with E-state index in [9.17, 15) is 4.79 Å². The maximum atomic E-state index is 12.1. The molecule has 1 amide bonds. The molecule has 2 rings (SSSR count). The Bertz CT molecular complexity index is 388. The highest BCUT2D eigenvalue weighted by Crippen LogP contribution is 2.27. The van der Waals surface area contributed by atoms with Crippen LogP contribution in [-0.2, 0) is 4.79 Å².